The van der Waals surface area contributed by atoms with E-state index in [0.29, 0.717) is 30.1 Å². The summed E-state index contributed by atoms with van der Waals surface area (Å²) in [5.74, 6) is -0.580. The number of hydrogen-bond donors (Lipinski definition) is 2. The third-order valence-corrected chi connectivity index (χ3v) is 5.54. The van der Waals surface area contributed by atoms with Crippen molar-refractivity contribution in [1.82, 2.24) is 10.2 Å². The molecule has 0 bridgehead atoms. The summed E-state index contributed by atoms with van der Waals surface area (Å²) in [6.45, 7) is 0.814. The van der Waals surface area contributed by atoms with E-state index >= 15 is 0 Å². The van der Waals surface area contributed by atoms with Crippen molar-refractivity contribution in [2.45, 2.75) is 13.0 Å². The first-order valence-electron chi connectivity index (χ1n) is 8.77. The van der Waals surface area contributed by atoms with Gasteiger partial charge in [0.15, 0.2) is 0 Å². The molecule has 28 heavy (non-hydrogen) atoms. The van der Waals surface area contributed by atoms with E-state index in [-0.39, 0.29) is 11.8 Å². The molecule has 1 aromatic heterocycles. The van der Waals surface area contributed by atoms with Gasteiger partial charge in [0.2, 0.25) is 5.91 Å². The number of carbonyl (C=O) groups excluding carboxylic acids is 3. The van der Waals surface area contributed by atoms with E-state index in [2.05, 4.69) is 10.6 Å². The Labute approximate surface area is 167 Å². The number of carbonyl (C=O) groups is 3. The van der Waals surface area contributed by atoms with Gasteiger partial charge in [0.05, 0.1) is 19.2 Å². The zero-order chi connectivity index (χ0) is 20.1. The maximum Gasteiger partial charge on any atom is 0.409 e. The van der Waals surface area contributed by atoms with Crippen molar-refractivity contribution in [1.29, 1.82) is 0 Å². The van der Waals surface area contributed by atoms with Gasteiger partial charge in [-0.2, -0.15) is 0 Å². The van der Waals surface area contributed by atoms with E-state index < -0.39 is 6.09 Å². The second-order valence-corrected chi connectivity index (χ2v) is 7.27. The molecular formula is C20H21N3O4S. The predicted molar refractivity (Wildman–Crippen MR) is 108 cm³/mol. The van der Waals surface area contributed by atoms with E-state index in [4.69, 9.17) is 4.74 Å². The molecule has 2 heterocycles. The average molecular weight is 399 g/mol. The lowest BCUT2D eigenvalue weighted by atomic mass is 10.0. The Bertz CT molecular complexity index is 921. The van der Waals surface area contributed by atoms with E-state index in [0.717, 1.165) is 16.0 Å². The predicted octanol–water partition coefficient (Wildman–Crippen LogP) is 2.88. The van der Waals surface area contributed by atoms with Gasteiger partial charge >= 0.3 is 6.09 Å². The Morgan fingerprint density at radius 1 is 1.21 bits per heavy atom. The lowest BCUT2D eigenvalue weighted by Gasteiger charge is -2.25. The zero-order valence-electron chi connectivity index (χ0n) is 15.7. The summed E-state index contributed by atoms with van der Waals surface area (Å²) in [4.78, 5) is 39.0. The van der Waals surface area contributed by atoms with Crippen LogP contribution >= 0.6 is 11.3 Å². The zero-order valence-corrected chi connectivity index (χ0v) is 16.5. The summed E-state index contributed by atoms with van der Waals surface area (Å²) in [5, 5.41) is 5.92. The Morgan fingerprint density at radius 2 is 1.96 bits per heavy atom. The number of amides is 3. The quantitative estimate of drug-likeness (QED) is 0.774. The molecule has 0 fully saturated rings. The Hall–Kier alpha value is -3.13. The van der Waals surface area contributed by atoms with Gasteiger partial charge in [-0.05, 0) is 23.6 Å². The van der Waals surface area contributed by atoms with Gasteiger partial charge in [-0.25, -0.2) is 4.79 Å². The number of methoxy groups -OCH3 is 1. The number of anilines is 1. The van der Waals surface area contributed by atoms with Crippen molar-refractivity contribution in [2.24, 2.45) is 0 Å². The number of fused-ring (bicyclic) bond motifs is 1. The molecule has 2 aromatic rings. The number of benzene rings is 1. The highest BCUT2D eigenvalue weighted by atomic mass is 32.1. The first kappa shape index (κ1) is 19.6. The van der Waals surface area contributed by atoms with Crippen LogP contribution in [0.5, 0.6) is 0 Å². The highest BCUT2D eigenvalue weighted by Crippen LogP contribution is 2.37. The average Bonchev–Trinajstić information content (AvgIpc) is 3.08. The molecule has 0 saturated heterocycles. The number of nitrogens with zero attached hydrogens (tertiary/aromatic N) is 1. The van der Waals surface area contributed by atoms with Gasteiger partial charge in [0.1, 0.15) is 5.00 Å². The van der Waals surface area contributed by atoms with Crippen molar-refractivity contribution in [3.8, 4) is 0 Å². The standard InChI is InChI=1S/C20H21N3O4S/c1-21-18(25)17-14-10-11-23(20(26)27-2)12-15(14)28-19(17)22-16(24)9-8-13-6-4-3-5-7-13/h3-9H,10-12H2,1-2H3,(H,21,25)(H,22,24)/b9-8+. The third kappa shape index (κ3) is 4.23. The van der Waals surface area contributed by atoms with Crippen molar-refractivity contribution in [3.63, 3.8) is 0 Å². The largest absolute Gasteiger partial charge is 0.453 e. The number of hydrogen-bond acceptors (Lipinski definition) is 5. The van der Waals surface area contributed by atoms with Gasteiger partial charge in [-0.3, -0.25) is 9.59 Å². The van der Waals surface area contributed by atoms with Crippen molar-refractivity contribution < 1.29 is 19.1 Å². The lowest BCUT2D eigenvalue weighted by molar-refractivity contribution is -0.111. The second-order valence-electron chi connectivity index (χ2n) is 6.16. The molecule has 0 saturated carbocycles. The highest BCUT2D eigenvalue weighted by molar-refractivity contribution is 7.17. The smallest absolute Gasteiger partial charge is 0.409 e. The molecule has 1 aliphatic heterocycles. The van der Waals surface area contributed by atoms with Crippen LogP contribution in [0.1, 0.15) is 26.4 Å². The van der Waals surface area contributed by atoms with E-state index in [1.165, 1.54) is 24.5 Å². The summed E-state index contributed by atoms with van der Waals surface area (Å²) >= 11 is 1.31. The Kier molecular flexibility index (Phi) is 6.10. The molecule has 8 heteroatoms. The molecule has 0 atom stereocenters. The number of ether oxygens (including phenoxy) is 1. The van der Waals surface area contributed by atoms with Crippen LogP contribution in [0.3, 0.4) is 0 Å². The molecule has 0 radical (unpaired) electrons. The van der Waals surface area contributed by atoms with E-state index in [9.17, 15) is 14.4 Å². The van der Waals surface area contributed by atoms with E-state index in [1.807, 2.05) is 30.3 Å². The Balaban J connectivity index is 1.83. The van der Waals surface area contributed by atoms with Crippen LogP contribution < -0.4 is 10.6 Å². The maximum atomic E-state index is 12.4. The van der Waals surface area contributed by atoms with Gasteiger partial charge in [-0.15, -0.1) is 11.3 Å². The van der Waals surface area contributed by atoms with Crippen LogP contribution in [0.25, 0.3) is 6.08 Å². The monoisotopic (exact) mass is 399 g/mol. The molecule has 7 nitrogen and oxygen atoms in total. The molecule has 146 valence electrons. The minimum Gasteiger partial charge on any atom is -0.453 e. The normalized spacial score (nSPS) is 13.1. The van der Waals surface area contributed by atoms with Crippen LogP contribution in [-0.2, 0) is 22.5 Å². The number of thiophene rings is 1. The van der Waals surface area contributed by atoms with Crippen LogP contribution in [0.2, 0.25) is 0 Å². The van der Waals surface area contributed by atoms with Crippen LogP contribution in [0.4, 0.5) is 9.80 Å². The summed E-state index contributed by atoms with van der Waals surface area (Å²) in [7, 11) is 2.89. The lowest BCUT2D eigenvalue weighted by Crippen LogP contribution is -2.35. The first-order chi connectivity index (χ1) is 13.5. The van der Waals surface area contributed by atoms with Crippen molar-refractivity contribution >= 4 is 40.3 Å². The van der Waals surface area contributed by atoms with Gasteiger partial charge in [0, 0.05) is 24.5 Å². The summed E-state index contributed by atoms with van der Waals surface area (Å²) < 4.78 is 4.78. The van der Waals surface area contributed by atoms with E-state index in [1.54, 1.807) is 18.0 Å². The minimum atomic E-state index is -0.406. The molecule has 0 spiro atoms. The van der Waals surface area contributed by atoms with Crippen molar-refractivity contribution in [3.05, 3.63) is 58.0 Å². The summed E-state index contributed by atoms with van der Waals surface area (Å²) in [6.07, 6.45) is 3.26. The fourth-order valence-corrected chi connectivity index (χ4v) is 4.30. The molecule has 1 aliphatic rings. The van der Waals surface area contributed by atoms with Gasteiger partial charge in [0.25, 0.3) is 5.91 Å². The van der Waals surface area contributed by atoms with Crippen molar-refractivity contribution in [2.75, 3.05) is 26.0 Å². The fourth-order valence-electron chi connectivity index (χ4n) is 3.03. The molecular weight excluding hydrogens is 378 g/mol. The Morgan fingerprint density at radius 3 is 2.64 bits per heavy atom. The molecule has 0 unspecified atom stereocenters. The van der Waals surface area contributed by atoms with Crippen LogP contribution in [0, 0.1) is 0 Å². The topological polar surface area (TPSA) is 87.7 Å². The van der Waals surface area contributed by atoms with Gasteiger partial charge < -0.3 is 20.3 Å². The second kappa shape index (κ2) is 8.71. The molecule has 0 aliphatic carbocycles. The third-order valence-electron chi connectivity index (χ3n) is 4.41. The molecule has 1 aromatic carbocycles. The summed E-state index contributed by atoms with van der Waals surface area (Å²) in [5.41, 5.74) is 2.24. The first-order valence-corrected chi connectivity index (χ1v) is 9.58. The van der Waals surface area contributed by atoms with Crippen LogP contribution in [-0.4, -0.2) is 43.5 Å². The highest BCUT2D eigenvalue weighted by Gasteiger charge is 2.30. The molecule has 3 rings (SSSR count). The molecule has 3 amide bonds. The number of nitrogens with one attached hydrogen (secondary N) is 2. The summed E-state index contributed by atoms with van der Waals surface area (Å²) in [6, 6.07) is 9.47. The fraction of sp³-hybridized carbons (Fsp3) is 0.250. The van der Waals surface area contributed by atoms with Gasteiger partial charge in [-0.1, -0.05) is 30.3 Å². The van der Waals surface area contributed by atoms with Crippen LogP contribution in [0.15, 0.2) is 36.4 Å². The molecule has 2 N–H and O–H groups in total. The SMILES string of the molecule is CNC(=O)c1c(NC(=O)/C=C/c2ccccc2)sc2c1CCN(C(=O)OC)C2. The number of rotatable bonds is 4. The minimum absolute atomic E-state index is 0.258. The maximum absolute atomic E-state index is 12.4.